The van der Waals surface area contributed by atoms with E-state index in [2.05, 4.69) is 31.0 Å². The van der Waals surface area contributed by atoms with Gasteiger partial charge in [-0.1, -0.05) is 33.6 Å². The number of likely N-dealkylation sites (tertiary alicyclic amines) is 2. The van der Waals surface area contributed by atoms with E-state index in [1.807, 2.05) is 4.90 Å². The first kappa shape index (κ1) is 19.9. The van der Waals surface area contributed by atoms with E-state index in [1.54, 1.807) is 0 Å². The van der Waals surface area contributed by atoms with E-state index in [-0.39, 0.29) is 12.1 Å². The molecule has 1 saturated carbocycles. The van der Waals surface area contributed by atoms with Crippen LogP contribution in [0.25, 0.3) is 0 Å². The maximum absolute atomic E-state index is 12.6. The van der Waals surface area contributed by atoms with Gasteiger partial charge in [-0.3, -0.25) is 4.90 Å². The molecule has 0 aromatic carbocycles. The molecule has 0 aromatic rings. The molecule has 2 amide bonds. The number of urea groups is 1. The number of hydrogen-bond acceptors (Lipinski definition) is 3. The predicted octanol–water partition coefficient (Wildman–Crippen LogP) is 3.22. The first-order valence-corrected chi connectivity index (χ1v) is 10.8. The minimum atomic E-state index is -0.153. The number of rotatable bonds is 3. The van der Waals surface area contributed by atoms with E-state index < -0.39 is 0 Å². The number of nitrogens with zero attached hydrogens (tertiary/aromatic N) is 2. The van der Waals surface area contributed by atoms with Gasteiger partial charge in [-0.15, -0.1) is 0 Å². The van der Waals surface area contributed by atoms with Crippen molar-refractivity contribution in [3.63, 3.8) is 0 Å². The highest BCUT2D eigenvalue weighted by molar-refractivity contribution is 5.74. The lowest BCUT2D eigenvalue weighted by Gasteiger charge is -2.41. The molecule has 5 heteroatoms. The molecule has 5 nitrogen and oxygen atoms in total. The van der Waals surface area contributed by atoms with Crippen LogP contribution in [0.4, 0.5) is 4.79 Å². The van der Waals surface area contributed by atoms with Crippen molar-refractivity contribution in [1.29, 1.82) is 0 Å². The molecule has 3 atom stereocenters. The largest absolute Gasteiger partial charge is 0.391 e. The van der Waals surface area contributed by atoms with Crippen molar-refractivity contribution in [3.8, 4) is 0 Å². The zero-order chi connectivity index (χ0) is 18.7. The summed E-state index contributed by atoms with van der Waals surface area (Å²) >= 11 is 0. The Morgan fingerprint density at radius 2 is 1.73 bits per heavy atom. The Morgan fingerprint density at radius 3 is 2.38 bits per heavy atom. The fourth-order valence-electron chi connectivity index (χ4n) is 5.21. The molecule has 3 unspecified atom stereocenters. The third kappa shape index (κ3) is 5.35. The van der Waals surface area contributed by atoms with E-state index in [0.717, 1.165) is 64.7 Å². The summed E-state index contributed by atoms with van der Waals surface area (Å²) < 4.78 is 0. The van der Waals surface area contributed by atoms with Gasteiger partial charge in [0.25, 0.3) is 0 Å². The SMILES string of the molecule is CC(C)(C)CC1CCN(C(=O)NC2CCN(C3CCCCC3O)CC2)C1. The van der Waals surface area contributed by atoms with Gasteiger partial charge in [-0.2, -0.15) is 0 Å². The molecular weight excluding hydrogens is 326 g/mol. The molecule has 2 heterocycles. The van der Waals surface area contributed by atoms with Gasteiger partial charge < -0.3 is 15.3 Å². The van der Waals surface area contributed by atoms with Crippen molar-refractivity contribution in [1.82, 2.24) is 15.1 Å². The average molecular weight is 366 g/mol. The monoisotopic (exact) mass is 365 g/mol. The second-order valence-electron chi connectivity index (χ2n) is 10.0. The maximum atomic E-state index is 12.6. The van der Waals surface area contributed by atoms with Crippen LogP contribution in [0, 0.1) is 11.3 Å². The van der Waals surface area contributed by atoms with Gasteiger partial charge in [0.1, 0.15) is 0 Å². The topological polar surface area (TPSA) is 55.8 Å². The Balaban J connectivity index is 1.40. The summed E-state index contributed by atoms with van der Waals surface area (Å²) in [6.07, 6.45) is 8.68. The molecule has 0 aromatic heterocycles. The van der Waals surface area contributed by atoms with Crippen molar-refractivity contribution >= 4 is 6.03 Å². The number of amides is 2. The van der Waals surface area contributed by atoms with Gasteiger partial charge in [0.2, 0.25) is 0 Å². The molecule has 3 rings (SSSR count). The second kappa shape index (κ2) is 8.47. The average Bonchev–Trinajstić information content (AvgIpc) is 3.03. The van der Waals surface area contributed by atoms with Gasteiger partial charge in [0.05, 0.1) is 6.10 Å². The lowest BCUT2D eigenvalue weighted by Crippen LogP contribution is -2.53. The molecule has 150 valence electrons. The van der Waals surface area contributed by atoms with Gasteiger partial charge in [-0.05, 0) is 49.9 Å². The number of piperidine rings is 1. The lowest BCUT2D eigenvalue weighted by molar-refractivity contribution is 0.00756. The summed E-state index contributed by atoms with van der Waals surface area (Å²) in [6.45, 7) is 10.7. The van der Waals surface area contributed by atoms with Gasteiger partial charge in [0.15, 0.2) is 0 Å². The number of nitrogens with one attached hydrogen (secondary N) is 1. The molecule has 1 aliphatic carbocycles. The first-order chi connectivity index (χ1) is 12.3. The van der Waals surface area contributed by atoms with E-state index >= 15 is 0 Å². The van der Waals surface area contributed by atoms with E-state index in [9.17, 15) is 9.90 Å². The predicted molar refractivity (Wildman–Crippen MR) is 105 cm³/mol. The number of carbonyl (C=O) groups excluding carboxylic acids is 1. The molecule has 0 radical (unpaired) electrons. The van der Waals surface area contributed by atoms with Crippen LogP contribution in [0.3, 0.4) is 0 Å². The molecule has 0 bridgehead atoms. The van der Waals surface area contributed by atoms with Crippen molar-refractivity contribution in [2.75, 3.05) is 26.2 Å². The number of carbonyl (C=O) groups is 1. The normalized spacial score (nSPS) is 32.0. The number of hydrogen-bond donors (Lipinski definition) is 2. The van der Waals surface area contributed by atoms with Crippen molar-refractivity contribution in [2.24, 2.45) is 11.3 Å². The Morgan fingerprint density at radius 1 is 1.04 bits per heavy atom. The van der Waals surface area contributed by atoms with E-state index in [1.165, 1.54) is 12.8 Å². The van der Waals surface area contributed by atoms with Gasteiger partial charge in [0, 0.05) is 38.3 Å². The third-order valence-corrected chi connectivity index (χ3v) is 6.49. The van der Waals surface area contributed by atoms with Crippen LogP contribution in [0.2, 0.25) is 0 Å². The van der Waals surface area contributed by atoms with Crippen molar-refractivity contribution < 1.29 is 9.90 Å². The molecule has 3 fully saturated rings. The Labute approximate surface area is 159 Å². The van der Waals surface area contributed by atoms with Crippen LogP contribution in [0.15, 0.2) is 0 Å². The van der Waals surface area contributed by atoms with Crippen LogP contribution in [-0.2, 0) is 0 Å². The number of aliphatic hydroxyl groups is 1. The lowest BCUT2D eigenvalue weighted by atomic mass is 9.84. The Hall–Kier alpha value is -0.810. The van der Waals surface area contributed by atoms with Crippen LogP contribution < -0.4 is 5.32 Å². The summed E-state index contributed by atoms with van der Waals surface area (Å²) in [7, 11) is 0. The molecule has 0 spiro atoms. The van der Waals surface area contributed by atoms with Crippen molar-refractivity contribution in [3.05, 3.63) is 0 Å². The summed E-state index contributed by atoms with van der Waals surface area (Å²) in [5.41, 5.74) is 0.341. The fraction of sp³-hybridized carbons (Fsp3) is 0.952. The highest BCUT2D eigenvalue weighted by Crippen LogP contribution is 2.30. The zero-order valence-corrected chi connectivity index (χ0v) is 17.0. The fourth-order valence-corrected chi connectivity index (χ4v) is 5.21. The third-order valence-electron chi connectivity index (χ3n) is 6.49. The Kier molecular flexibility index (Phi) is 6.50. The van der Waals surface area contributed by atoms with Crippen LogP contribution in [-0.4, -0.2) is 65.3 Å². The molecule has 2 saturated heterocycles. The Bertz CT molecular complexity index is 468. The summed E-state index contributed by atoms with van der Waals surface area (Å²) in [5.74, 6) is 0.649. The molecule has 3 aliphatic rings. The number of aliphatic hydroxyl groups excluding tert-OH is 1. The van der Waals surface area contributed by atoms with Gasteiger partial charge in [-0.25, -0.2) is 4.79 Å². The van der Waals surface area contributed by atoms with Crippen LogP contribution >= 0.6 is 0 Å². The standard InChI is InChI=1S/C21H39N3O2/c1-21(2,3)14-16-8-11-24(15-16)20(26)22-17-9-12-23(13-10-17)18-6-4-5-7-19(18)25/h16-19,25H,4-15H2,1-3H3,(H,22,26). The quantitative estimate of drug-likeness (QED) is 0.807. The molecule has 26 heavy (non-hydrogen) atoms. The molecule has 2 aliphatic heterocycles. The zero-order valence-electron chi connectivity index (χ0n) is 17.0. The first-order valence-electron chi connectivity index (χ1n) is 10.8. The summed E-state index contributed by atoms with van der Waals surface area (Å²) in [6, 6.07) is 0.774. The van der Waals surface area contributed by atoms with Gasteiger partial charge >= 0.3 is 6.03 Å². The van der Waals surface area contributed by atoms with E-state index in [4.69, 9.17) is 0 Å². The minimum Gasteiger partial charge on any atom is -0.391 e. The van der Waals surface area contributed by atoms with Crippen molar-refractivity contribution in [2.45, 2.75) is 90.3 Å². The van der Waals surface area contributed by atoms with Crippen LogP contribution in [0.1, 0.15) is 72.1 Å². The highest BCUT2D eigenvalue weighted by Gasteiger charge is 2.33. The molecular formula is C21H39N3O2. The summed E-state index contributed by atoms with van der Waals surface area (Å²) in [4.78, 5) is 17.1. The molecule has 2 N–H and O–H groups in total. The minimum absolute atomic E-state index is 0.137. The second-order valence-corrected chi connectivity index (χ2v) is 10.0. The maximum Gasteiger partial charge on any atom is 0.317 e. The van der Waals surface area contributed by atoms with E-state index in [0.29, 0.717) is 23.4 Å². The van der Waals surface area contributed by atoms with Crippen LogP contribution in [0.5, 0.6) is 0 Å². The summed E-state index contributed by atoms with van der Waals surface area (Å²) in [5, 5.41) is 13.5. The smallest absolute Gasteiger partial charge is 0.317 e. The highest BCUT2D eigenvalue weighted by atomic mass is 16.3.